The Hall–Kier alpha value is -2.95. The van der Waals surface area contributed by atoms with Gasteiger partial charge in [0.15, 0.2) is 0 Å². The van der Waals surface area contributed by atoms with Crippen molar-refractivity contribution in [3.8, 4) is 0 Å². The fourth-order valence-electron chi connectivity index (χ4n) is 5.94. The van der Waals surface area contributed by atoms with E-state index in [4.69, 9.17) is 0 Å². The van der Waals surface area contributed by atoms with Crippen molar-refractivity contribution >= 4 is 26.8 Å². The zero-order valence-corrected chi connectivity index (χ0v) is 23.9. The topological polar surface area (TPSA) is 99.6 Å². The minimum atomic E-state index is -3.16. The van der Waals surface area contributed by atoms with Gasteiger partial charge in [-0.25, -0.2) is 22.7 Å². The van der Waals surface area contributed by atoms with Crippen molar-refractivity contribution in [3.63, 3.8) is 0 Å². The van der Waals surface area contributed by atoms with Crippen molar-refractivity contribution in [1.82, 2.24) is 29.1 Å². The highest BCUT2D eigenvalue weighted by molar-refractivity contribution is 7.88. The Balaban J connectivity index is 1.15. The minimum absolute atomic E-state index is 0.0181. The van der Waals surface area contributed by atoms with Crippen LogP contribution in [-0.4, -0.2) is 94.9 Å². The van der Waals surface area contributed by atoms with Crippen LogP contribution >= 0.6 is 0 Å². The molecule has 5 rings (SSSR count). The molecule has 9 nitrogen and oxygen atoms in total. The number of rotatable bonds is 7. The molecule has 1 amide bonds. The number of likely N-dealkylation sites (tertiary alicyclic amines) is 2. The molecular weight excluding hydrogens is 512 g/mol. The van der Waals surface area contributed by atoms with Crippen LogP contribution in [-0.2, 0) is 22.9 Å². The Morgan fingerprint density at radius 3 is 2.44 bits per heavy atom. The second kappa shape index (κ2) is 11.7. The Morgan fingerprint density at radius 1 is 1.00 bits per heavy atom. The number of benzene rings is 1. The number of hydrogen-bond acceptors (Lipinski definition) is 7. The first-order valence-corrected chi connectivity index (χ1v) is 15.7. The highest BCUT2D eigenvalue weighted by Crippen LogP contribution is 2.25. The van der Waals surface area contributed by atoms with E-state index >= 15 is 0 Å². The molecule has 2 aliphatic heterocycles. The fourth-order valence-corrected chi connectivity index (χ4v) is 6.69. The third-order valence-corrected chi connectivity index (χ3v) is 9.84. The van der Waals surface area contributed by atoms with E-state index in [1.165, 1.54) is 16.9 Å². The Bertz CT molecular complexity index is 1430. The van der Waals surface area contributed by atoms with Gasteiger partial charge < -0.3 is 9.80 Å². The zero-order valence-electron chi connectivity index (χ0n) is 23.1. The standard InChI is InChI=1S/C29H38N6O3S/c1-21-26(9-8-22-18-23-6-4-5-7-27(23)30-19-22)31-20-32-28(21)29(36)35-16-12-25(13-17-35)34-14-10-24(11-15-34)33(2)39(3,37)38/h4-7,18-20,24-25H,8-17H2,1-3H3. The Labute approximate surface area is 231 Å². The van der Waals surface area contributed by atoms with Gasteiger partial charge in [0.2, 0.25) is 10.0 Å². The molecule has 0 spiro atoms. The highest BCUT2D eigenvalue weighted by atomic mass is 32.2. The zero-order chi connectivity index (χ0) is 27.6. The number of amides is 1. The molecule has 10 heteroatoms. The van der Waals surface area contributed by atoms with Crippen LogP contribution in [0.4, 0.5) is 0 Å². The number of nitrogens with zero attached hydrogens (tertiary/aromatic N) is 6. The summed E-state index contributed by atoms with van der Waals surface area (Å²) in [5.41, 5.74) is 4.39. The highest BCUT2D eigenvalue weighted by Gasteiger charge is 2.33. The minimum Gasteiger partial charge on any atom is -0.337 e. The number of para-hydroxylation sites is 1. The van der Waals surface area contributed by atoms with Gasteiger partial charge >= 0.3 is 0 Å². The summed E-state index contributed by atoms with van der Waals surface area (Å²) in [4.78, 5) is 31.3. The van der Waals surface area contributed by atoms with Crippen molar-refractivity contribution in [2.45, 2.75) is 57.5 Å². The molecule has 2 fully saturated rings. The predicted molar refractivity (Wildman–Crippen MR) is 152 cm³/mol. The van der Waals surface area contributed by atoms with Crippen LogP contribution in [0.2, 0.25) is 0 Å². The number of aromatic nitrogens is 3. The normalized spacial score (nSPS) is 18.2. The molecule has 0 atom stereocenters. The molecule has 39 heavy (non-hydrogen) atoms. The number of pyridine rings is 1. The maximum absolute atomic E-state index is 13.4. The molecule has 0 saturated carbocycles. The van der Waals surface area contributed by atoms with Gasteiger partial charge in [0.05, 0.1) is 11.8 Å². The van der Waals surface area contributed by atoms with E-state index in [-0.39, 0.29) is 11.9 Å². The molecule has 3 aromatic rings. The summed E-state index contributed by atoms with van der Waals surface area (Å²) in [7, 11) is -1.48. The third-order valence-electron chi connectivity index (χ3n) is 8.49. The lowest BCUT2D eigenvalue weighted by atomic mass is 9.97. The number of fused-ring (bicyclic) bond motifs is 1. The second-order valence-electron chi connectivity index (χ2n) is 10.9. The lowest BCUT2D eigenvalue weighted by molar-refractivity contribution is 0.0542. The van der Waals surface area contributed by atoms with Crippen LogP contribution in [0.1, 0.15) is 53.0 Å². The molecule has 0 aliphatic carbocycles. The number of piperidine rings is 2. The molecule has 0 radical (unpaired) electrons. The maximum Gasteiger partial charge on any atom is 0.272 e. The summed E-state index contributed by atoms with van der Waals surface area (Å²) in [6, 6.07) is 10.8. The summed E-state index contributed by atoms with van der Waals surface area (Å²) >= 11 is 0. The van der Waals surface area contributed by atoms with E-state index < -0.39 is 10.0 Å². The SMILES string of the molecule is Cc1c(CCc2cnc3ccccc3c2)ncnc1C(=O)N1CCC(N2CCC(N(C)S(C)(=O)=O)CC2)CC1. The molecule has 2 aliphatic rings. The van der Waals surface area contributed by atoms with Gasteiger partial charge in [-0.2, -0.15) is 0 Å². The quantitative estimate of drug-likeness (QED) is 0.446. The summed E-state index contributed by atoms with van der Waals surface area (Å²) in [6.45, 7) is 5.14. The Morgan fingerprint density at radius 2 is 1.72 bits per heavy atom. The molecule has 1 aromatic carbocycles. The van der Waals surface area contributed by atoms with E-state index in [2.05, 4.69) is 32.0 Å². The van der Waals surface area contributed by atoms with Crippen molar-refractivity contribution in [2.24, 2.45) is 0 Å². The van der Waals surface area contributed by atoms with E-state index in [0.717, 1.165) is 79.3 Å². The van der Waals surface area contributed by atoms with Gasteiger partial charge in [0.25, 0.3) is 5.91 Å². The lowest BCUT2D eigenvalue weighted by Crippen LogP contribution is -2.52. The number of hydrogen-bond donors (Lipinski definition) is 0. The van der Waals surface area contributed by atoms with Crippen LogP contribution in [0.15, 0.2) is 42.9 Å². The van der Waals surface area contributed by atoms with Crippen molar-refractivity contribution in [1.29, 1.82) is 0 Å². The van der Waals surface area contributed by atoms with E-state index in [1.54, 1.807) is 7.05 Å². The predicted octanol–water partition coefficient (Wildman–Crippen LogP) is 3.08. The third kappa shape index (κ3) is 6.28. The molecule has 2 aromatic heterocycles. The smallest absolute Gasteiger partial charge is 0.272 e. The summed E-state index contributed by atoms with van der Waals surface area (Å²) in [6.07, 6.45) is 9.76. The summed E-state index contributed by atoms with van der Waals surface area (Å²) in [5.74, 6) is -0.0181. The summed E-state index contributed by atoms with van der Waals surface area (Å²) in [5, 5.41) is 1.12. The average molecular weight is 551 g/mol. The van der Waals surface area contributed by atoms with Gasteiger partial charge in [0, 0.05) is 55.1 Å². The first-order valence-electron chi connectivity index (χ1n) is 13.8. The molecular formula is C29H38N6O3S. The van der Waals surface area contributed by atoms with Crippen LogP contribution in [0.25, 0.3) is 10.9 Å². The van der Waals surface area contributed by atoms with E-state index in [0.29, 0.717) is 24.8 Å². The second-order valence-corrected chi connectivity index (χ2v) is 12.9. The first kappa shape index (κ1) is 27.6. The first-order chi connectivity index (χ1) is 18.7. The van der Waals surface area contributed by atoms with E-state index in [1.807, 2.05) is 36.2 Å². The van der Waals surface area contributed by atoms with Crippen molar-refractivity contribution < 1.29 is 13.2 Å². The van der Waals surface area contributed by atoms with Crippen molar-refractivity contribution in [2.75, 3.05) is 39.5 Å². The molecule has 0 N–H and O–H groups in total. The van der Waals surface area contributed by atoms with Gasteiger partial charge in [-0.3, -0.25) is 9.78 Å². The van der Waals surface area contributed by atoms with Gasteiger partial charge in [-0.1, -0.05) is 18.2 Å². The van der Waals surface area contributed by atoms with E-state index in [9.17, 15) is 13.2 Å². The lowest BCUT2D eigenvalue weighted by Gasteiger charge is -2.43. The average Bonchev–Trinajstić information content (AvgIpc) is 2.95. The number of sulfonamides is 1. The van der Waals surface area contributed by atoms with Crippen LogP contribution in [0.3, 0.4) is 0 Å². The number of aryl methyl sites for hydroxylation is 2. The summed E-state index contributed by atoms with van der Waals surface area (Å²) < 4.78 is 25.3. The molecule has 4 heterocycles. The molecule has 2 saturated heterocycles. The van der Waals surface area contributed by atoms with Crippen molar-refractivity contribution in [3.05, 3.63) is 65.4 Å². The Kier molecular flexibility index (Phi) is 8.25. The van der Waals surface area contributed by atoms with Crippen LogP contribution in [0.5, 0.6) is 0 Å². The molecule has 0 bridgehead atoms. The largest absolute Gasteiger partial charge is 0.337 e. The van der Waals surface area contributed by atoms with Crippen LogP contribution < -0.4 is 0 Å². The van der Waals surface area contributed by atoms with Crippen LogP contribution in [0, 0.1) is 6.92 Å². The van der Waals surface area contributed by atoms with Gasteiger partial charge in [-0.05, 0) is 76.2 Å². The van der Waals surface area contributed by atoms with Gasteiger partial charge in [0.1, 0.15) is 12.0 Å². The molecule has 0 unspecified atom stereocenters. The molecule has 208 valence electrons. The van der Waals surface area contributed by atoms with Gasteiger partial charge in [-0.15, -0.1) is 0 Å². The monoisotopic (exact) mass is 550 g/mol. The number of carbonyl (C=O) groups excluding carboxylic acids is 1. The fraction of sp³-hybridized carbons (Fsp3) is 0.517. The maximum atomic E-state index is 13.4. The number of carbonyl (C=O) groups is 1.